The highest BCUT2D eigenvalue weighted by atomic mass is 16.6. The standard InChI is InChI=1S/C24H21N5O4/c1-17-12-23(29(31)32)27-28(17)15-24(30)26-25-14-18-6-4-10-21(13-18)33-16-20-9-5-8-19-7-2-3-11-22(19)20/h2-14H,15-16H2,1H3,(H,26,30). The molecule has 166 valence electrons. The van der Waals surface area contributed by atoms with E-state index in [1.807, 2.05) is 48.5 Å². The number of nitrogens with zero attached hydrogens (tertiary/aromatic N) is 4. The van der Waals surface area contributed by atoms with Crippen molar-refractivity contribution in [3.8, 4) is 5.75 Å². The Labute approximate surface area is 189 Å². The number of fused-ring (bicyclic) bond motifs is 1. The van der Waals surface area contributed by atoms with Crippen molar-refractivity contribution in [2.45, 2.75) is 20.1 Å². The molecular weight excluding hydrogens is 422 g/mol. The summed E-state index contributed by atoms with van der Waals surface area (Å²) >= 11 is 0. The van der Waals surface area contributed by atoms with E-state index < -0.39 is 10.8 Å². The van der Waals surface area contributed by atoms with E-state index >= 15 is 0 Å². The number of benzene rings is 3. The lowest BCUT2D eigenvalue weighted by atomic mass is 10.1. The SMILES string of the molecule is Cc1cc([N+](=O)[O-])nn1CC(=O)NN=Cc1cccc(OCc2cccc3ccccc23)c1. The Balaban J connectivity index is 1.35. The van der Waals surface area contributed by atoms with Crippen molar-refractivity contribution < 1.29 is 14.5 Å². The Bertz CT molecular complexity index is 1340. The summed E-state index contributed by atoms with van der Waals surface area (Å²) in [7, 11) is 0. The Kier molecular flexibility index (Phi) is 6.40. The Morgan fingerprint density at radius 2 is 1.94 bits per heavy atom. The Hall–Kier alpha value is -4.53. The van der Waals surface area contributed by atoms with Crippen LogP contribution >= 0.6 is 0 Å². The van der Waals surface area contributed by atoms with Gasteiger partial charge in [0, 0.05) is 0 Å². The summed E-state index contributed by atoms with van der Waals surface area (Å²) in [6.45, 7) is 1.89. The summed E-state index contributed by atoms with van der Waals surface area (Å²) in [6.07, 6.45) is 1.50. The van der Waals surface area contributed by atoms with Gasteiger partial charge >= 0.3 is 5.82 Å². The van der Waals surface area contributed by atoms with Gasteiger partial charge in [0.25, 0.3) is 5.91 Å². The van der Waals surface area contributed by atoms with Gasteiger partial charge < -0.3 is 14.9 Å². The fourth-order valence-electron chi connectivity index (χ4n) is 3.36. The second kappa shape index (κ2) is 9.73. The van der Waals surface area contributed by atoms with Crippen molar-refractivity contribution in [1.29, 1.82) is 0 Å². The monoisotopic (exact) mass is 443 g/mol. The van der Waals surface area contributed by atoms with Crippen LogP contribution in [-0.2, 0) is 17.9 Å². The highest BCUT2D eigenvalue weighted by Crippen LogP contribution is 2.21. The summed E-state index contributed by atoms with van der Waals surface area (Å²) in [5, 5.41) is 20.8. The number of amides is 1. The van der Waals surface area contributed by atoms with Crippen LogP contribution in [0.4, 0.5) is 5.82 Å². The summed E-state index contributed by atoms with van der Waals surface area (Å²) < 4.78 is 7.22. The number of hydrogen-bond acceptors (Lipinski definition) is 6. The number of nitrogens with one attached hydrogen (secondary N) is 1. The number of hydrazone groups is 1. The summed E-state index contributed by atoms with van der Waals surface area (Å²) in [4.78, 5) is 22.3. The molecule has 1 aromatic heterocycles. The zero-order valence-corrected chi connectivity index (χ0v) is 17.8. The summed E-state index contributed by atoms with van der Waals surface area (Å²) in [5.74, 6) is -0.0717. The third-order valence-corrected chi connectivity index (χ3v) is 4.98. The third-order valence-electron chi connectivity index (χ3n) is 4.98. The van der Waals surface area contributed by atoms with E-state index in [9.17, 15) is 14.9 Å². The molecule has 4 rings (SSSR count). The first kappa shape index (κ1) is 21.7. The topological polar surface area (TPSA) is 112 Å². The number of aromatic nitrogens is 2. The molecule has 0 saturated heterocycles. The smallest absolute Gasteiger partial charge is 0.390 e. The van der Waals surface area contributed by atoms with Gasteiger partial charge in [0.15, 0.2) is 0 Å². The molecule has 1 amide bonds. The van der Waals surface area contributed by atoms with Crippen LogP contribution in [0.3, 0.4) is 0 Å². The molecule has 9 nitrogen and oxygen atoms in total. The first-order valence-corrected chi connectivity index (χ1v) is 10.2. The molecule has 0 aliphatic rings. The van der Waals surface area contributed by atoms with Gasteiger partial charge in [0.1, 0.15) is 18.9 Å². The highest BCUT2D eigenvalue weighted by molar-refractivity contribution is 5.85. The van der Waals surface area contributed by atoms with Crippen LogP contribution in [0, 0.1) is 17.0 Å². The maximum Gasteiger partial charge on any atom is 0.390 e. The minimum atomic E-state index is -0.602. The van der Waals surface area contributed by atoms with E-state index in [0.717, 1.165) is 21.9 Å². The molecule has 1 heterocycles. The van der Waals surface area contributed by atoms with Crippen molar-refractivity contribution in [3.05, 3.63) is 99.7 Å². The maximum absolute atomic E-state index is 12.1. The second-order valence-corrected chi connectivity index (χ2v) is 7.35. The van der Waals surface area contributed by atoms with E-state index in [0.29, 0.717) is 18.1 Å². The minimum absolute atomic E-state index is 0.175. The third kappa shape index (κ3) is 5.40. The zero-order chi connectivity index (χ0) is 23.2. The van der Waals surface area contributed by atoms with Crippen molar-refractivity contribution in [3.63, 3.8) is 0 Å². The molecule has 1 N–H and O–H groups in total. The predicted molar refractivity (Wildman–Crippen MR) is 124 cm³/mol. The molecule has 3 aromatic carbocycles. The average molecular weight is 443 g/mol. The largest absolute Gasteiger partial charge is 0.489 e. The van der Waals surface area contributed by atoms with Gasteiger partial charge in [-0.2, -0.15) is 9.78 Å². The Morgan fingerprint density at radius 3 is 2.76 bits per heavy atom. The van der Waals surface area contributed by atoms with Gasteiger partial charge in [0.2, 0.25) is 0 Å². The van der Waals surface area contributed by atoms with Crippen molar-refractivity contribution in [2.24, 2.45) is 5.10 Å². The molecule has 0 spiro atoms. The molecule has 9 heteroatoms. The lowest BCUT2D eigenvalue weighted by molar-refractivity contribution is -0.389. The van der Waals surface area contributed by atoms with Crippen LogP contribution < -0.4 is 10.2 Å². The number of hydrogen-bond donors (Lipinski definition) is 1. The fraction of sp³-hybridized carbons (Fsp3) is 0.125. The molecule has 0 aliphatic carbocycles. The number of carbonyl (C=O) groups excluding carboxylic acids is 1. The molecule has 0 bridgehead atoms. The van der Waals surface area contributed by atoms with E-state index in [-0.39, 0.29) is 12.4 Å². The normalized spacial score (nSPS) is 11.1. The molecule has 0 saturated carbocycles. The van der Waals surface area contributed by atoms with Gasteiger partial charge in [-0.15, -0.1) is 0 Å². The van der Waals surface area contributed by atoms with Gasteiger partial charge in [0.05, 0.1) is 23.1 Å². The van der Waals surface area contributed by atoms with Crippen molar-refractivity contribution >= 4 is 28.7 Å². The quantitative estimate of drug-likeness (QED) is 0.251. The number of aryl methyl sites for hydroxylation is 1. The van der Waals surface area contributed by atoms with Gasteiger partial charge in [-0.1, -0.05) is 54.6 Å². The van der Waals surface area contributed by atoms with E-state index in [1.54, 1.807) is 6.92 Å². The van der Waals surface area contributed by atoms with Crippen LogP contribution in [0.2, 0.25) is 0 Å². The first-order chi connectivity index (χ1) is 16.0. The molecule has 0 radical (unpaired) electrons. The average Bonchev–Trinajstić information content (AvgIpc) is 3.18. The molecule has 0 atom stereocenters. The molecule has 0 aliphatic heterocycles. The molecule has 0 unspecified atom stereocenters. The van der Waals surface area contributed by atoms with E-state index in [4.69, 9.17) is 4.74 Å². The van der Waals surface area contributed by atoms with Gasteiger partial charge in [-0.3, -0.25) is 4.79 Å². The first-order valence-electron chi connectivity index (χ1n) is 10.2. The second-order valence-electron chi connectivity index (χ2n) is 7.35. The Morgan fingerprint density at radius 1 is 1.15 bits per heavy atom. The van der Waals surface area contributed by atoms with Gasteiger partial charge in [-0.25, -0.2) is 5.43 Å². The number of nitro groups is 1. The minimum Gasteiger partial charge on any atom is -0.489 e. The number of carbonyl (C=O) groups is 1. The van der Waals surface area contributed by atoms with Crippen LogP contribution in [0.5, 0.6) is 5.75 Å². The van der Waals surface area contributed by atoms with E-state index in [1.165, 1.54) is 17.0 Å². The van der Waals surface area contributed by atoms with Crippen molar-refractivity contribution in [2.75, 3.05) is 0 Å². The van der Waals surface area contributed by atoms with Crippen LogP contribution in [0.25, 0.3) is 10.8 Å². The lowest BCUT2D eigenvalue weighted by Gasteiger charge is -2.09. The lowest BCUT2D eigenvalue weighted by Crippen LogP contribution is -2.24. The summed E-state index contributed by atoms with van der Waals surface area (Å²) in [6, 6.07) is 22.9. The molecule has 33 heavy (non-hydrogen) atoms. The molecule has 4 aromatic rings. The molecular formula is C24H21N5O4. The maximum atomic E-state index is 12.1. The predicted octanol–water partition coefficient (Wildman–Crippen LogP) is 3.98. The summed E-state index contributed by atoms with van der Waals surface area (Å²) in [5.41, 5.74) is 4.75. The van der Waals surface area contributed by atoms with Crippen LogP contribution in [0.15, 0.2) is 77.9 Å². The van der Waals surface area contributed by atoms with Crippen molar-refractivity contribution in [1.82, 2.24) is 15.2 Å². The van der Waals surface area contributed by atoms with E-state index in [2.05, 4.69) is 33.8 Å². The van der Waals surface area contributed by atoms with Crippen LogP contribution in [-0.4, -0.2) is 26.8 Å². The number of rotatable bonds is 8. The van der Waals surface area contributed by atoms with Gasteiger partial charge in [-0.05, 0) is 45.9 Å². The molecule has 0 fully saturated rings. The van der Waals surface area contributed by atoms with Crippen LogP contribution in [0.1, 0.15) is 16.8 Å². The number of ether oxygens (including phenoxy) is 1. The highest BCUT2D eigenvalue weighted by Gasteiger charge is 2.17. The fourth-order valence-corrected chi connectivity index (χ4v) is 3.36. The zero-order valence-electron chi connectivity index (χ0n) is 17.8.